The largest absolute Gasteiger partial charge is 0.335 e. The van der Waals surface area contributed by atoms with E-state index < -0.39 is 0 Å². The van der Waals surface area contributed by atoms with Gasteiger partial charge in [0.1, 0.15) is 0 Å². The predicted molar refractivity (Wildman–Crippen MR) is 106 cm³/mol. The minimum absolute atomic E-state index is 0.0651. The normalized spacial score (nSPS) is 27.4. The highest BCUT2D eigenvalue weighted by Crippen LogP contribution is 2.33. The number of anilines is 1. The van der Waals surface area contributed by atoms with Crippen LogP contribution in [0.1, 0.15) is 38.5 Å². The van der Waals surface area contributed by atoms with Crippen LogP contribution in [0.3, 0.4) is 0 Å². The zero-order valence-corrected chi connectivity index (χ0v) is 16.2. The quantitative estimate of drug-likeness (QED) is 0.870. The van der Waals surface area contributed by atoms with Crippen LogP contribution in [0.15, 0.2) is 30.3 Å². The molecule has 1 atom stereocenters. The highest BCUT2D eigenvalue weighted by atomic mass is 16.2. The van der Waals surface area contributed by atoms with Crippen LogP contribution in [0.5, 0.6) is 0 Å². The lowest BCUT2D eigenvalue weighted by Gasteiger charge is -2.46. The van der Waals surface area contributed by atoms with E-state index in [9.17, 15) is 9.59 Å². The molecule has 4 rings (SSSR count). The summed E-state index contributed by atoms with van der Waals surface area (Å²) in [5, 5.41) is 3.24. The number of urea groups is 1. The summed E-state index contributed by atoms with van der Waals surface area (Å²) in [6, 6.07) is 10.3. The lowest BCUT2D eigenvalue weighted by Crippen LogP contribution is -2.64. The Labute approximate surface area is 161 Å². The molecule has 0 unspecified atom stereocenters. The number of amides is 3. The molecule has 146 valence electrons. The Bertz CT molecular complexity index is 689. The smallest absolute Gasteiger partial charge is 0.317 e. The third kappa shape index (κ3) is 3.68. The number of carbonyl (C=O) groups excluding carboxylic acids is 2. The van der Waals surface area contributed by atoms with Crippen molar-refractivity contribution in [1.29, 1.82) is 0 Å². The second-order valence-electron chi connectivity index (χ2n) is 8.35. The van der Waals surface area contributed by atoms with Gasteiger partial charge in [-0.1, -0.05) is 37.5 Å². The molecular formula is C21H30N4O2. The zero-order valence-electron chi connectivity index (χ0n) is 16.2. The van der Waals surface area contributed by atoms with Gasteiger partial charge in [0, 0.05) is 31.4 Å². The maximum absolute atomic E-state index is 12.8. The van der Waals surface area contributed by atoms with Gasteiger partial charge in [-0.2, -0.15) is 0 Å². The molecule has 3 fully saturated rings. The van der Waals surface area contributed by atoms with Crippen molar-refractivity contribution in [1.82, 2.24) is 15.1 Å². The van der Waals surface area contributed by atoms with Crippen molar-refractivity contribution in [2.45, 2.75) is 50.1 Å². The number of hydrogen-bond acceptors (Lipinski definition) is 3. The Balaban J connectivity index is 1.44. The third-order valence-corrected chi connectivity index (χ3v) is 6.56. The van der Waals surface area contributed by atoms with E-state index in [1.165, 1.54) is 19.3 Å². The minimum Gasteiger partial charge on any atom is -0.335 e. The molecule has 6 heteroatoms. The first-order valence-corrected chi connectivity index (χ1v) is 10.2. The fourth-order valence-electron chi connectivity index (χ4n) is 4.79. The maximum Gasteiger partial charge on any atom is 0.317 e. The maximum atomic E-state index is 12.8. The van der Waals surface area contributed by atoms with Gasteiger partial charge in [-0.15, -0.1) is 0 Å². The summed E-state index contributed by atoms with van der Waals surface area (Å²) in [5.74, 6) is 0.124. The van der Waals surface area contributed by atoms with Crippen molar-refractivity contribution in [2.24, 2.45) is 0 Å². The molecule has 0 bridgehead atoms. The van der Waals surface area contributed by atoms with Crippen LogP contribution in [0.25, 0.3) is 0 Å². The fraction of sp³-hybridized carbons (Fsp3) is 0.619. The molecule has 1 aliphatic carbocycles. The van der Waals surface area contributed by atoms with Gasteiger partial charge in [0.15, 0.2) is 0 Å². The Kier molecular flexibility index (Phi) is 5.08. The Morgan fingerprint density at radius 3 is 2.59 bits per heavy atom. The van der Waals surface area contributed by atoms with Gasteiger partial charge < -0.3 is 15.1 Å². The topological polar surface area (TPSA) is 55.9 Å². The van der Waals surface area contributed by atoms with E-state index in [0.717, 1.165) is 31.5 Å². The Morgan fingerprint density at radius 2 is 1.85 bits per heavy atom. The molecule has 2 saturated heterocycles. The highest BCUT2D eigenvalue weighted by Gasteiger charge is 2.48. The van der Waals surface area contributed by atoms with E-state index in [4.69, 9.17) is 0 Å². The predicted octanol–water partition coefficient (Wildman–Crippen LogP) is 2.45. The molecule has 1 N–H and O–H groups in total. The van der Waals surface area contributed by atoms with Crippen molar-refractivity contribution in [3.05, 3.63) is 30.3 Å². The summed E-state index contributed by atoms with van der Waals surface area (Å²) in [7, 11) is 2.02. The number of likely N-dealkylation sites (N-methyl/N-ethyl adjacent to an activating group) is 1. The van der Waals surface area contributed by atoms with Crippen molar-refractivity contribution in [3.8, 4) is 0 Å². The summed E-state index contributed by atoms with van der Waals surface area (Å²) >= 11 is 0. The number of hydrogen-bond donors (Lipinski definition) is 1. The van der Waals surface area contributed by atoms with E-state index >= 15 is 0 Å². The van der Waals surface area contributed by atoms with Gasteiger partial charge in [-0.25, -0.2) is 4.79 Å². The molecule has 2 aliphatic heterocycles. The summed E-state index contributed by atoms with van der Waals surface area (Å²) < 4.78 is 0. The molecule has 1 spiro atoms. The first-order valence-electron chi connectivity index (χ1n) is 10.2. The van der Waals surface area contributed by atoms with E-state index in [0.29, 0.717) is 25.7 Å². The Hall–Kier alpha value is -2.08. The molecule has 27 heavy (non-hydrogen) atoms. The van der Waals surface area contributed by atoms with E-state index in [1.54, 1.807) is 0 Å². The monoisotopic (exact) mass is 370 g/mol. The van der Waals surface area contributed by atoms with E-state index in [1.807, 2.05) is 47.2 Å². The van der Waals surface area contributed by atoms with Gasteiger partial charge in [0.05, 0.1) is 12.1 Å². The van der Waals surface area contributed by atoms with Gasteiger partial charge in [0.2, 0.25) is 5.91 Å². The number of carbonyl (C=O) groups is 2. The number of para-hydroxylation sites is 1. The molecule has 3 aliphatic rings. The molecule has 1 saturated carbocycles. The van der Waals surface area contributed by atoms with Crippen molar-refractivity contribution in [2.75, 3.05) is 38.1 Å². The van der Waals surface area contributed by atoms with Gasteiger partial charge in [0.25, 0.3) is 0 Å². The van der Waals surface area contributed by atoms with Crippen LogP contribution in [-0.2, 0) is 4.79 Å². The van der Waals surface area contributed by atoms with Crippen molar-refractivity contribution < 1.29 is 9.59 Å². The fourth-order valence-corrected chi connectivity index (χ4v) is 4.79. The standard InChI is InChI=1S/C21H30N4O2/c1-23-14-19(26)25(18-10-6-3-7-11-18)16-21(23)12-13-24(15-21)20(27)22-17-8-4-2-5-9-17/h3,6-7,10-11,17H,2,4-5,8-9,12-16H2,1H3,(H,22,27)/t21-/m0/s1. The molecular weight excluding hydrogens is 340 g/mol. The molecule has 2 heterocycles. The molecule has 6 nitrogen and oxygen atoms in total. The number of nitrogens with zero attached hydrogens (tertiary/aromatic N) is 3. The van der Waals surface area contributed by atoms with Crippen LogP contribution < -0.4 is 10.2 Å². The van der Waals surface area contributed by atoms with Crippen LogP contribution >= 0.6 is 0 Å². The number of likely N-dealkylation sites (tertiary alicyclic amines) is 1. The summed E-state index contributed by atoms with van der Waals surface area (Å²) in [5.41, 5.74) is 0.785. The number of rotatable bonds is 2. The molecule has 1 aromatic carbocycles. The van der Waals surface area contributed by atoms with Gasteiger partial charge >= 0.3 is 6.03 Å². The molecule has 3 amide bonds. The number of benzene rings is 1. The highest BCUT2D eigenvalue weighted by molar-refractivity contribution is 5.96. The lowest BCUT2D eigenvalue weighted by atomic mass is 9.92. The summed E-state index contributed by atoms with van der Waals surface area (Å²) in [4.78, 5) is 31.4. The third-order valence-electron chi connectivity index (χ3n) is 6.56. The average Bonchev–Trinajstić information content (AvgIpc) is 3.12. The van der Waals surface area contributed by atoms with Crippen LogP contribution in [0, 0.1) is 0 Å². The van der Waals surface area contributed by atoms with E-state index in [-0.39, 0.29) is 17.5 Å². The summed E-state index contributed by atoms with van der Waals surface area (Å²) in [6.45, 7) is 2.46. The SMILES string of the molecule is CN1CC(=O)N(c2ccccc2)C[C@@]12CCN(C(=O)NC1CCCCC1)C2. The van der Waals surface area contributed by atoms with Crippen LogP contribution in [0.2, 0.25) is 0 Å². The first-order chi connectivity index (χ1) is 13.1. The Morgan fingerprint density at radius 1 is 1.11 bits per heavy atom. The van der Waals surface area contributed by atoms with Crippen molar-refractivity contribution >= 4 is 17.6 Å². The second kappa shape index (κ2) is 7.50. The van der Waals surface area contributed by atoms with Crippen LogP contribution in [0.4, 0.5) is 10.5 Å². The lowest BCUT2D eigenvalue weighted by molar-refractivity contribution is -0.123. The second-order valence-corrected chi connectivity index (χ2v) is 8.35. The summed E-state index contributed by atoms with van der Waals surface area (Å²) in [6.07, 6.45) is 6.81. The van der Waals surface area contributed by atoms with Gasteiger partial charge in [-0.05, 0) is 38.4 Å². The average molecular weight is 370 g/mol. The van der Waals surface area contributed by atoms with Crippen molar-refractivity contribution in [3.63, 3.8) is 0 Å². The molecule has 0 radical (unpaired) electrons. The molecule has 0 aromatic heterocycles. The first kappa shape index (κ1) is 18.3. The minimum atomic E-state index is -0.159. The van der Waals surface area contributed by atoms with Crippen LogP contribution in [-0.4, -0.2) is 66.5 Å². The van der Waals surface area contributed by atoms with E-state index in [2.05, 4.69) is 10.2 Å². The molecule has 1 aromatic rings. The zero-order chi connectivity index (χ0) is 18.9. The number of nitrogens with one attached hydrogen (secondary N) is 1. The van der Waals surface area contributed by atoms with Gasteiger partial charge in [-0.3, -0.25) is 9.69 Å². The number of piperazine rings is 1.